The van der Waals surface area contributed by atoms with Crippen molar-refractivity contribution in [2.75, 3.05) is 6.61 Å². The molecule has 2 rings (SSSR count). The van der Waals surface area contributed by atoms with Crippen molar-refractivity contribution >= 4 is 16.7 Å². The fourth-order valence-corrected chi connectivity index (χ4v) is 1.59. The van der Waals surface area contributed by atoms with Gasteiger partial charge >= 0.3 is 16.8 Å². The number of hydrogen-bond acceptors (Lipinski definition) is 5. The molecule has 1 aromatic heterocycles. The molecule has 0 bridgehead atoms. The maximum Gasteiger partial charge on any atom is 0.349 e. The molecule has 19 heavy (non-hydrogen) atoms. The van der Waals surface area contributed by atoms with Crippen LogP contribution in [-0.2, 0) is 0 Å². The van der Waals surface area contributed by atoms with E-state index in [1.165, 1.54) is 0 Å². The van der Waals surface area contributed by atoms with Gasteiger partial charge in [-0.3, -0.25) is 19.7 Å². The van der Waals surface area contributed by atoms with E-state index >= 15 is 0 Å². The van der Waals surface area contributed by atoms with Crippen LogP contribution >= 0.6 is 0 Å². The number of nitro benzene ring substituents is 1. The minimum atomic E-state index is -1.13. The van der Waals surface area contributed by atoms with E-state index < -0.39 is 27.5 Å². The van der Waals surface area contributed by atoms with E-state index in [2.05, 4.69) is 4.98 Å². The van der Waals surface area contributed by atoms with Crippen LogP contribution in [0.3, 0.4) is 0 Å². The van der Waals surface area contributed by atoms with E-state index in [1.807, 2.05) is 0 Å². The van der Waals surface area contributed by atoms with E-state index in [0.717, 1.165) is 12.1 Å². The van der Waals surface area contributed by atoms with Gasteiger partial charge in [0.05, 0.1) is 10.4 Å². The number of aromatic amines is 1. The van der Waals surface area contributed by atoms with Gasteiger partial charge in [0.25, 0.3) is 0 Å². The highest BCUT2D eigenvalue weighted by molar-refractivity contribution is 5.77. The van der Waals surface area contributed by atoms with Crippen LogP contribution in [0.5, 0.6) is 0 Å². The van der Waals surface area contributed by atoms with Gasteiger partial charge in [0.2, 0.25) is 5.82 Å². The molecule has 9 heteroatoms. The molecule has 100 valence electrons. The van der Waals surface area contributed by atoms with E-state index in [9.17, 15) is 24.1 Å². The van der Waals surface area contributed by atoms with Crippen LogP contribution in [0.15, 0.2) is 21.7 Å². The third-order valence-electron chi connectivity index (χ3n) is 2.37. The Morgan fingerprint density at radius 2 is 2.16 bits per heavy atom. The maximum atomic E-state index is 13.5. The summed E-state index contributed by atoms with van der Waals surface area (Å²) < 4.78 is 14.1. The molecule has 0 saturated heterocycles. The number of nitrogens with zero attached hydrogens (tertiary/aromatic N) is 2. The molecule has 0 aliphatic heterocycles. The zero-order chi connectivity index (χ0) is 14.2. The Hall–Kier alpha value is -2.71. The van der Waals surface area contributed by atoms with Crippen LogP contribution in [0.4, 0.5) is 10.1 Å². The van der Waals surface area contributed by atoms with Crippen molar-refractivity contribution in [1.29, 1.82) is 0 Å². The number of fused-ring (bicyclic) bond motifs is 1. The summed E-state index contributed by atoms with van der Waals surface area (Å²) in [5.41, 5.74) is -2.99. The van der Waals surface area contributed by atoms with Gasteiger partial charge in [-0.1, -0.05) is 0 Å². The molecule has 2 aromatic rings. The molecule has 1 N–H and O–H groups in total. The van der Waals surface area contributed by atoms with E-state index in [0.29, 0.717) is 4.73 Å². The van der Waals surface area contributed by atoms with Crippen molar-refractivity contribution in [1.82, 2.24) is 9.71 Å². The number of aromatic nitrogens is 2. The Kier molecular flexibility index (Phi) is 3.03. The van der Waals surface area contributed by atoms with Gasteiger partial charge in [-0.25, -0.2) is 0 Å². The highest BCUT2D eigenvalue weighted by atomic mass is 19.1. The number of rotatable bonds is 3. The Balaban J connectivity index is 2.91. The topological polar surface area (TPSA) is 107 Å². The number of nitro groups is 1. The minimum absolute atomic E-state index is 0.0637. The lowest BCUT2D eigenvalue weighted by molar-refractivity contribution is -0.387. The molecule has 0 amide bonds. The summed E-state index contributed by atoms with van der Waals surface area (Å²) in [6, 6.07) is 1.60. The third kappa shape index (κ3) is 2.05. The van der Waals surface area contributed by atoms with Crippen molar-refractivity contribution in [3.63, 3.8) is 0 Å². The fraction of sp³-hybridized carbons (Fsp3) is 0.200. The number of halogens is 1. The molecule has 1 heterocycles. The van der Waals surface area contributed by atoms with Crippen molar-refractivity contribution in [3.05, 3.63) is 48.8 Å². The van der Waals surface area contributed by atoms with E-state index in [-0.39, 0.29) is 17.6 Å². The molecule has 0 aliphatic carbocycles. The molecule has 0 fully saturated rings. The van der Waals surface area contributed by atoms with Crippen LogP contribution in [0.2, 0.25) is 0 Å². The lowest BCUT2D eigenvalue weighted by Gasteiger charge is -2.09. The Bertz CT molecular complexity index is 779. The highest BCUT2D eigenvalue weighted by Crippen LogP contribution is 2.21. The second-order valence-electron chi connectivity index (χ2n) is 3.55. The van der Waals surface area contributed by atoms with Gasteiger partial charge < -0.3 is 9.82 Å². The first-order valence-electron chi connectivity index (χ1n) is 5.22. The molecule has 0 spiro atoms. The molecule has 1 aromatic carbocycles. The lowest BCUT2D eigenvalue weighted by Crippen LogP contribution is -2.39. The Labute approximate surface area is 104 Å². The van der Waals surface area contributed by atoms with Gasteiger partial charge in [0.1, 0.15) is 12.1 Å². The van der Waals surface area contributed by atoms with Crippen LogP contribution in [0.25, 0.3) is 11.0 Å². The summed E-state index contributed by atoms with van der Waals surface area (Å²) in [7, 11) is 0. The zero-order valence-corrected chi connectivity index (χ0v) is 9.68. The number of benzene rings is 1. The molecular weight excluding hydrogens is 261 g/mol. The number of hydrogen-bond donors (Lipinski definition) is 1. The average molecular weight is 269 g/mol. The summed E-state index contributed by atoms with van der Waals surface area (Å²) in [6.45, 7) is 1.64. The molecule has 0 radical (unpaired) electrons. The van der Waals surface area contributed by atoms with Crippen LogP contribution in [0, 0.1) is 15.9 Å². The molecule has 0 saturated carbocycles. The van der Waals surface area contributed by atoms with Crippen LogP contribution < -0.4 is 16.0 Å². The molecule has 0 unspecified atom stereocenters. The summed E-state index contributed by atoms with van der Waals surface area (Å²) in [6.07, 6.45) is 0. The Morgan fingerprint density at radius 3 is 2.74 bits per heavy atom. The van der Waals surface area contributed by atoms with Crippen molar-refractivity contribution in [3.8, 4) is 0 Å². The van der Waals surface area contributed by atoms with Crippen molar-refractivity contribution in [2.45, 2.75) is 6.92 Å². The summed E-state index contributed by atoms with van der Waals surface area (Å²) in [4.78, 5) is 39.7. The average Bonchev–Trinajstić information content (AvgIpc) is 2.35. The summed E-state index contributed by atoms with van der Waals surface area (Å²) in [5, 5.41) is 10.6. The SMILES string of the molecule is CCOn1c(=O)c(=O)[nH]c2cc([N+](=O)[O-])c(F)cc21. The highest BCUT2D eigenvalue weighted by Gasteiger charge is 2.18. The first-order valence-corrected chi connectivity index (χ1v) is 5.22. The van der Waals surface area contributed by atoms with Gasteiger partial charge in [0.15, 0.2) is 0 Å². The lowest BCUT2D eigenvalue weighted by atomic mass is 10.2. The quantitative estimate of drug-likeness (QED) is 0.486. The van der Waals surface area contributed by atoms with Gasteiger partial charge in [-0.05, 0) is 6.92 Å². The first kappa shape index (κ1) is 12.7. The van der Waals surface area contributed by atoms with E-state index in [4.69, 9.17) is 4.84 Å². The van der Waals surface area contributed by atoms with Gasteiger partial charge in [-0.15, -0.1) is 4.73 Å². The van der Waals surface area contributed by atoms with Crippen LogP contribution in [0.1, 0.15) is 6.92 Å². The molecule has 0 atom stereocenters. The predicted molar refractivity (Wildman–Crippen MR) is 62.6 cm³/mol. The van der Waals surface area contributed by atoms with Crippen molar-refractivity contribution < 1.29 is 14.2 Å². The maximum absolute atomic E-state index is 13.5. The summed E-state index contributed by atoms with van der Waals surface area (Å²) in [5.74, 6) is -1.13. The minimum Gasteiger partial charge on any atom is -0.410 e. The van der Waals surface area contributed by atoms with Crippen molar-refractivity contribution in [2.24, 2.45) is 0 Å². The molecule has 0 aliphatic rings. The monoisotopic (exact) mass is 269 g/mol. The second kappa shape index (κ2) is 4.52. The summed E-state index contributed by atoms with van der Waals surface area (Å²) >= 11 is 0. The largest absolute Gasteiger partial charge is 0.410 e. The molecule has 8 nitrogen and oxygen atoms in total. The first-order chi connectivity index (χ1) is 8.95. The second-order valence-corrected chi connectivity index (χ2v) is 3.55. The van der Waals surface area contributed by atoms with Gasteiger partial charge in [-0.2, -0.15) is 4.39 Å². The molecular formula is C10H8FN3O5. The third-order valence-corrected chi connectivity index (χ3v) is 2.37. The normalized spacial score (nSPS) is 10.6. The number of nitrogens with one attached hydrogen (secondary N) is 1. The van der Waals surface area contributed by atoms with Gasteiger partial charge in [0, 0.05) is 12.1 Å². The Morgan fingerprint density at radius 1 is 1.47 bits per heavy atom. The van der Waals surface area contributed by atoms with Crippen LogP contribution in [-0.4, -0.2) is 21.2 Å². The fourth-order valence-electron chi connectivity index (χ4n) is 1.59. The predicted octanol–water partition coefficient (Wildman–Crippen LogP) is 0.186. The van der Waals surface area contributed by atoms with E-state index in [1.54, 1.807) is 6.92 Å². The standard InChI is InChI=1S/C10H8FN3O5/c1-2-19-13-8-3-5(11)7(14(17)18)4-6(8)12-9(15)10(13)16/h3-4H,2H2,1H3,(H,12,15). The zero-order valence-electron chi connectivity index (χ0n) is 9.68. The number of H-pyrrole nitrogens is 1. The smallest absolute Gasteiger partial charge is 0.349 e.